The zero-order valence-electron chi connectivity index (χ0n) is 17.5. The molecule has 1 saturated carbocycles. The van der Waals surface area contributed by atoms with Crippen molar-refractivity contribution in [3.05, 3.63) is 29.8 Å². The smallest absolute Gasteiger partial charge is 0.119 e. The minimum Gasteiger partial charge on any atom is -0.494 e. The molecule has 1 N–H and O–H groups in total. The summed E-state index contributed by atoms with van der Waals surface area (Å²) in [6.45, 7) is 14.4. The predicted molar refractivity (Wildman–Crippen MR) is 110 cm³/mol. The second-order valence-corrected chi connectivity index (χ2v) is 8.57. The molecule has 0 spiro atoms. The number of benzene rings is 1. The van der Waals surface area contributed by atoms with Crippen LogP contribution in [-0.2, 0) is 10.2 Å². The normalized spacial score (nSPS) is 17.3. The van der Waals surface area contributed by atoms with Gasteiger partial charge in [-0.2, -0.15) is 0 Å². The van der Waals surface area contributed by atoms with Crippen LogP contribution in [0.4, 0.5) is 0 Å². The highest BCUT2D eigenvalue weighted by atomic mass is 16.5. The van der Waals surface area contributed by atoms with Gasteiger partial charge in [-0.05, 0) is 55.7 Å². The SMILES string of the molecule is CCOc1ccc(C2(C(CC(C)C)NCCOCC(C)C)CCC2)cc1. The Balaban J connectivity index is 2.04. The lowest BCUT2D eigenvalue weighted by molar-refractivity contribution is 0.0965. The molecule has 1 aliphatic carbocycles. The first-order chi connectivity index (χ1) is 12.5. The summed E-state index contributed by atoms with van der Waals surface area (Å²) in [5.74, 6) is 2.26. The molecular weight excluding hydrogens is 322 g/mol. The summed E-state index contributed by atoms with van der Waals surface area (Å²) >= 11 is 0. The molecule has 2 rings (SSSR count). The quantitative estimate of drug-likeness (QED) is 0.520. The molecule has 1 atom stereocenters. The van der Waals surface area contributed by atoms with Crippen LogP contribution >= 0.6 is 0 Å². The van der Waals surface area contributed by atoms with Crippen molar-refractivity contribution >= 4 is 0 Å². The molecule has 0 aromatic heterocycles. The predicted octanol–water partition coefficient (Wildman–Crippen LogP) is 5.18. The number of hydrogen-bond acceptors (Lipinski definition) is 3. The average molecular weight is 362 g/mol. The summed E-state index contributed by atoms with van der Waals surface area (Å²) in [6, 6.07) is 9.36. The van der Waals surface area contributed by atoms with Crippen molar-refractivity contribution in [2.75, 3.05) is 26.4 Å². The number of nitrogens with one attached hydrogen (secondary N) is 1. The van der Waals surface area contributed by atoms with Crippen LogP contribution < -0.4 is 10.1 Å². The van der Waals surface area contributed by atoms with Crippen molar-refractivity contribution in [3.8, 4) is 5.75 Å². The van der Waals surface area contributed by atoms with Crippen LogP contribution in [0.25, 0.3) is 0 Å². The highest BCUT2D eigenvalue weighted by Crippen LogP contribution is 2.48. The van der Waals surface area contributed by atoms with Crippen molar-refractivity contribution in [1.29, 1.82) is 0 Å². The van der Waals surface area contributed by atoms with Crippen LogP contribution in [0.15, 0.2) is 24.3 Å². The molecule has 0 radical (unpaired) electrons. The molecule has 1 aromatic carbocycles. The fourth-order valence-electron chi connectivity index (χ4n) is 4.05. The number of hydrogen-bond donors (Lipinski definition) is 1. The topological polar surface area (TPSA) is 30.5 Å². The van der Waals surface area contributed by atoms with Gasteiger partial charge in [-0.1, -0.05) is 46.2 Å². The average Bonchev–Trinajstić information content (AvgIpc) is 2.54. The van der Waals surface area contributed by atoms with Crippen LogP contribution in [0, 0.1) is 11.8 Å². The minimum atomic E-state index is 0.271. The maximum atomic E-state index is 5.78. The lowest BCUT2D eigenvalue weighted by Crippen LogP contribution is -2.54. The largest absolute Gasteiger partial charge is 0.494 e. The minimum absolute atomic E-state index is 0.271. The number of ether oxygens (including phenoxy) is 2. The van der Waals surface area contributed by atoms with Gasteiger partial charge < -0.3 is 14.8 Å². The molecule has 1 fully saturated rings. The van der Waals surface area contributed by atoms with E-state index < -0.39 is 0 Å². The molecule has 3 nitrogen and oxygen atoms in total. The van der Waals surface area contributed by atoms with Gasteiger partial charge in [0, 0.05) is 24.6 Å². The highest BCUT2D eigenvalue weighted by Gasteiger charge is 2.45. The van der Waals surface area contributed by atoms with Crippen LogP contribution in [0.5, 0.6) is 5.75 Å². The first-order valence-electron chi connectivity index (χ1n) is 10.5. The van der Waals surface area contributed by atoms with E-state index in [0.29, 0.717) is 17.9 Å². The summed E-state index contributed by atoms with van der Waals surface area (Å²) in [7, 11) is 0. The van der Waals surface area contributed by atoms with Gasteiger partial charge in [0.25, 0.3) is 0 Å². The Bertz CT molecular complexity index is 505. The Kier molecular flexibility index (Phi) is 8.43. The maximum Gasteiger partial charge on any atom is 0.119 e. The maximum absolute atomic E-state index is 5.78. The summed E-state index contributed by atoms with van der Waals surface area (Å²) < 4.78 is 11.4. The fraction of sp³-hybridized carbons (Fsp3) is 0.739. The van der Waals surface area contributed by atoms with E-state index in [4.69, 9.17) is 9.47 Å². The molecule has 0 aliphatic heterocycles. The van der Waals surface area contributed by atoms with Crippen molar-refractivity contribution in [3.63, 3.8) is 0 Å². The van der Waals surface area contributed by atoms with E-state index in [0.717, 1.165) is 32.1 Å². The summed E-state index contributed by atoms with van der Waals surface area (Å²) in [5, 5.41) is 3.85. The second kappa shape index (κ2) is 10.3. The molecular formula is C23H39NO2. The van der Waals surface area contributed by atoms with Gasteiger partial charge in [-0.25, -0.2) is 0 Å². The lowest BCUT2D eigenvalue weighted by atomic mass is 9.59. The molecule has 1 aromatic rings. The van der Waals surface area contributed by atoms with Gasteiger partial charge in [0.05, 0.1) is 13.2 Å². The van der Waals surface area contributed by atoms with E-state index in [1.165, 1.54) is 31.2 Å². The van der Waals surface area contributed by atoms with Crippen molar-refractivity contribution < 1.29 is 9.47 Å². The Morgan fingerprint density at radius 1 is 1.04 bits per heavy atom. The van der Waals surface area contributed by atoms with Crippen molar-refractivity contribution in [2.24, 2.45) is 11.8 Å². The first-order valence-corrected chi connectivity index (χ1v) is 10.5. The molecule has 1 aliphatic rings. The van der Waals surface area contributed by atoms with E-state index in [-0.39, 0.29) is 5.41 Å². The van der Waals surface area contributed by atoms with E-state index in [2.05, 4.69) is 57.3 Å². The van der Waals surface area contributed by atoms with Gasteiger partial charge in [0.15, 0.2) is 0 Å². The molecule has 3 heteroatoms. The van der Waals surface area contributed by atoms with Crippen molar-refractivity contribution in [1.82, 2.24) is 5.32 Å². The van der Waals surface area contributed by atoms with Gasteiger partial charge in [0.2, 0.25) is 0 Å². The summed E-state index contributed by atoms with van der Waals surface area (Å²) in [5.41, 5.74) is 1.74. The summed E-state index contributed by atoms with van der Waals surface area (Å²) in [6.07, 6.45) is 5.08. The zero-order valence-corrected chi connectivity index (χ0v) is 17.5. The Morgan fingerprint density at radius 3 is 2.23 bits per heavy atom. The third-order valence-electron chi connectivity index (χ3n) is 5.45. The number of rotatable bonds is 12. The molecule has 26 heavy (non-hydrogen) atoms. The Labute approximate surface area is 160 Å². The molecule has 148 valence electrons. The molecule has 0 saturated heterocycles. The molecule has 0 heterocycles. The third kappa shape index (κ3) is 5.72. The van der Waals surface area contributed by atoms with Gasteiger partial charge in [-0.15, -0.1) is 0 Å². The molecule has 0 bridgehead atoms. The first kappa shape index (κ1) is 21.2. The van der Waals surface area contributed by atoms with E-state index in [1.54, 1.807) is 0 Å². The van der Waals surface area contributed by atoms with Crippen LogP contribution in [0.3, 0.4) is 0 Å². The zero-order chi connectivity index (χ0) is 19.0. The van der Waals surface area contributed by atoms with Crippen molar-refractivity contribution in [2.45, 2.75) is 71.8 Å². The second-order valence-electron chi connectivity index (χ2n) is 8.57. The standard InChI is InChI=1S/C23H39NO2/c1-6-26-21-10-8-20(9-11-21)23(12-7-13-23)22(16-18(2)3)24-14-15-25-17-19(4)5/h8-11,18-19,22,24H,6-7,12-17H2,1-5H3. The van der Waals surface area contributed by atoms with E-state index >= 15 is 0 Å². The summed E-state index contributed by atoms with van der Waals surface area (Å²) in [4.78, 5) is 0. The van der Waals surface area contributed by atoms with Crippen LogP contribution in [0.2, 0.25) is 0 Å². The lowest BCUT2D eigenvalue weighted by Gasteiger charge is -2.49. The molecule has 1 unspecified atom stereocenters. The Morgan fingerprint density at radius 2 is 1.73 bits per heavy atom. The highest BCUT2D eigenvalue weighted by molar-refractivity contribution is 5.35. The van der Waals surface area contributed by atoms with E-state index in [1.807, 2.05) is 6.92 Å². The van der Waals surface area contributed by atoms with E-state index in [9.17, 15) is 0 Å². The Hall–Kier alpha value is -1.06. The van der Waals surface area contributed by atoms with Gasteiger partial charge in [0.1, 0.15) is 5.75 Å². The fourth-order valence-corrected chi connectivity index (χ4v) is 4.05. The van der Waals surface area contributed by atoms with Crippen LogP contribution in [0.1, 0.15) is 65.9 Å². The molecule has 0 amide bonds. The van der Waals surface area contributed by atoms with Gasteiger partial charge >= 0.3 is 0 Å². The monoisotopic (exact) mass is 361 g/mol. The van der Waals surface area contributed by atoms with Crippen LogP contribution in [-0.4, -0.2) is 32.4 Å². The third-order valence-corrected chi connectivity index (χ3v) is 5.45. The van der Waals surface area contributed by atoms with Gasteiger partial charge in [-0.3, -0.25) is 0 Å².